The van der Waals surface area contributed by atoms with Crippen molar-refractivity contribution >= 4 is 39.9 Å². The van der Waals surface area contributed by atoms with Crippen LogP contribution in [-0.4, -0.2) is 28.4 Å². The number of aromatic amines is 1. The van der Waals surface area contributed by atoms with Crippen LogP contribution in [-0.2, 0) is 11.2 Å². The second kappa shape index (κ2) is 7.40. The lowest BCUT2D eigenvalue weighted by Gasteiger charge is -2.06. The van der Waals surface area contributed by atoms with Crippen LogP contribution < -0.4 is 5.32 Å². The van der Waals surface area contributed by atoms with Gasteiger partial charge in [0.15, 0.2) is 5.78 Å². The van der Waals surface area contributed by atoms with Crippen LogP contribution >= 0.6 is 11.6 Å². The van der Waals surface area contributed by atoms with Gasteiger partial charge < -0.3 is 15.4 Å². The third-order valence-electron chi connectivity index (χ3n) is 3.97. The first-order chi connectivity index (χ1) is 12.0. The van der Waals surface area contributed by atoms with E-state index in [4.69, 9.17) is 11.6 Å². The van der Waals surface area contributed by atoms with Gasteiger partial charge in [0.2, 0.25) is 0 Å². The number of hydrogen-bond acceptors (Lipinski definition) is 3. The fourth-order valence-electron chi connectivity index (χ4n) is 2.72. The topological polar surface area (TPSA) is 82.2 Å². The molecule has 5 nitrogen and oxygen atoms in total. The van der Waals surface area contributed by atoms with E-state index < -0.39 is 5.97 Å². The number of aromatic carboxylic acids is 1. The highest BCUT2D eigenvalue weighted by atomic mass is 35.5. The Morgan fingerprint density at radius 1 is 1.12 bits per heavy atom. The number of hydrogen-bond donors (Lipinski definition) is 3. The van der Waals surface area contributed by atoms with Crippen molar-refractivity contribution in [2.75, 3.05) is 11.9 Å². The minimum Gasteiger partial charge on any atom is -0.477 e. The Hall–Kier alpha value is -2.79. The van der Waals surface area contributed by atoms with Crippen molar-refractivity contribution in [3.8, 4) is 0 Å². The average molecular weight is 357 g/mol. The van der Waals surface area contributed by atoms with E-state index in [9.17, 15) is 14.7 Å². The Bertz CT molecular complexity index is 919. The summed E-state index contributed by atoms with van der Waals surface area (Å²) >= 11 is 5.94. The Balaban J connectivity index is 1.70. The van der Waals surface area contributed by atoms with E-state index >= 15 is 0 Å². The summed E-state index contributed by atoms with van der Waals surface area (Å²) in [6, 6.07) is 14.8. The van der Waals surface area contributed by atoms with Gasteiger partial charge in [-0.05, 0) is 30.2 Å². The first-order valence-electron chi connectivity index (χ1n) is 7.88. The smallest absolute Gasteiger partial charge is 0.354 e. The lowest BCUT2D eigenvalue weighted by atomic mass is 10.1. The second-order valence-electron chi connectivity index (χ2n) is 5.75. The van der Waals surface area contributed by atoms with Gasteiger partial charge in [0.25, 0.3) is 0 Å². The van der Waals surface area contributed by atoms with Gasteiger partial charge in [-0.1, -0.05) is 41.9 Å². The Morgan fingerprint density at radius 3 is 2.60 bits per heavy atom. The highest BCUT2D eigenvalue weighted by Gasteiger charge is 2.17. The molecule has 0 unspecified atom stereocenters. The summed E-state index contributed by atoms with van der Waals surface area (Å²) in [5.74, 6) is -1.07. The van der Waals surface area contributed by atoms with Gasteiger partial charge in [-0.25, -0.2) is 4.79 Å². The average Bonchev–Trinajstić information content (AvgIpc) is 2.97. The van der Waals surface area contributed by atoms with Crippen molar-refractivity contribution in [2.45, 2.75) is 12.8 Å². The highest BCUT2D eigenvalue weighted by Crippen LogP contribution is 2.29. The number of carbonyl (C=O) groups is 2. The van der Waals surface area contributed by atoms with Gasteiger partial charge in [0, 0.05) is 22.3 Å². The van der Waals surface area contributed by atoms with E-state index in [1.165, 1.54) is 0 Å². The Kier molecular flexibility index (Phi) is 5.05. The lowest BCUT2D eigenvalue weighted by molar-refractivity contribution is -0.117. The number of Topliss-reactive ketones (excluding diaryl/α,β-unsaturated/α-hetero) is 1. The van der Waals surface area contributed by atoms with E-state index in [2.05, 4.69) is 10.3 Å². The molecule has 0 aliphatic carbocycles. The number of fused-ring (bicyclic) bond motifs is 1. The van der Waals surface area contributed by atoms with Crippen LogP contribution in [0.2, 0.25) is 5.02 Å². The molecule has 0 radical (unpaired) electrons. The largest absolute Gasteiger partial charge is 0.477 e. The molecular weight excluding hydrogens is 340 g/mol. The molecule has 128 valence electrons. The number of carboxylic acids is 1. The lowest BCUT2D eigenvalue weighted by Crippen LogP contribution is -2.16. The zero-order chi connectivity index (χ0) is 17.8. The fourth-order valence-corrected chi connectivity index (χ4v) is 2.89. The standard InChI is InChI=1S/C19H17ClN2O3/c20-13-7-9-15-16(10-13)22-18(19(24)25)17(15)21-11-14(23)8-6-12-4-2-1-3-5-12/h1-5,7,9-10,21-22H,6,8,11H2,(H,24,25). The maximum absolute atomic E-state index is 12.1. The number of aryl methyl sites for hydroxylation is 1. The molecule has 0 amide bonds. The number of benzene rings is 2. The van der Waals surface area contributed by atoms with Crippen molar-refractivity contribution in [3.05, 3.63) is 64.8 Å². The van der Waals surface area contributed by atoms with Crippen molar-refractivity contribution in [1.29, 1.82) is 0 Å². The van der Waals surface area contributed by atoms with Gasteiger partial charge >= 0.3 is 5.97 Å². The van der Waals surface area contributed by atoms with Crippen LogP contribution in [0.15, 0.2) is 48.5 Å². The van der Waals surface area contributed by atoms with Gasteiger partial charge in [-0.2, -0.15) is 0 Å². The van der Waals surface area contributed by atoms with E-state index in [-0.39, 0.29) is 18.0 Å². The molecule has 0 bridgehead atoms. The molecule has 0 aliphatic heterocycles. The summed E-state index contributed by atoms with van der Waals surface area (Å²) in [5.41, 5.74) is 2.15. The minimum atomic E-state index is -1.09. The molecule has 25 heavy (non-hydrogen) atoms. The van der Waals surface area contributed by atoms with Crippen molar-refractivity contribution in [3.63, 3.8) is 0 Å². The summed E-state index contributed by atoms with van der Waals surface area (Å²) in [7, 11) is 0. The maximum atomic E-state index is 12.1. The van der Waals surface area contributed by atoms with E-state index in [1.54, 1.807) is 18.2 Å². The number of aromatic nitrogens is 1. The van der Waals surface area contributed by atoms with Gasteiger partial charge in [-0.3, -0.25) is 4.79 Å². The van der Waals surface area contributed by atoms with Crippen molar-refractivity contribution in [1.82, 2.24) is 4.98 Å². The van der Waals surface area contributed by atoms with Crippen LogP contribution in [0.3, 0.4) is 0 Å². The second-order valence-corrected chi connectivity index (χ2v) is 6.18. The third kappa shape index (κ3) is 4.00. The van der Waals surface area contributed by atoms with Crippen molar-refractivity contribution in [2.24, 2.45) is 0 Å². The van der Waals surface area contributed by atoms with E-state index in [0.717, 1.165) is 5.56 Å². The van der Waals surface area contributed by atoms with E-state index in [0.29, 0.717) is 34.5 Å². The normalized spacial score (nSPS) is 10.8. The summed E-state index contributed by atoms with van der Waals surface area (Å²) in [6.07, 6.45) is 1.06. The maximum Gasteiger partial charge on any atom is 0.354 e. The number of H-pyrrole nitrogens is 1. The Morgan fingerprint density at radius 2 is 1.88 bits per heavy atom. The summed E-state index contributed by atoms with van der Waals surface area (Å²) in [5, 5.41) is 13.5. The fraction of sp³-hybridized carbons (Fsp3) is 0.158. The molecule has 3 N–H and O–H groups in total. The van der Waals surface area contributed by atoms with Crippen LogP contribution in [0.4, 0.5) is 5.69 Å². The first kappa shape index (κ1) is 17.0. The van der Waals surface area contributed by atoms with Gasteiger partial charge in [0.1, 0.15) is 5.69 Å². The number of halogens is 1. The molecule has 0 aliphatic rings. The quantitative estimate of drug-likeness (QED) is 0.594. The molecule has 0 saturated heterocycles. The molecule has 0 atom stereocenters. The monoisotopic (exact) mass is 356 g/mol. The zero-order valence-electron chi connectivity index (χ0n) is 13.4. The zero-order valence-corrected chi connectivity index (χ0v) is 14.1. The summed E-state index contributed by atoms with van der Waals surface area (Å²) in [4.78, 5) is 26.4. The van der Waals surface area contributed by atoms with E-state index in [1.807, 2.05) is 30.3 Å². The van der Waals surface area contributed by atoms with Crippen LogP contribution in [0.5, 0.6) is 0 Å². The minimum absolute atomic E-state index is 0.0171. The Labute approximate surface area is 149 Å². The molecule has 3 aromatic rings. The van der Waals surface area contributed by atoms with Gasteiger partial charge in [-0.15, -0.1) is 0 Å². The third-order valence-corrected chi connectivity index (χ3v) is 4.21. The predicted octanol–water partition coefficient (Wildman–Crippen LogP) is 4.13. The first-order valence-corrected chi connectivity index (χ1v) is 8.26. The molecular formula is C19H17ClN2O3. The summed E-state index contributed by atoms with van der Waals surface area (Å²) < 4.78 is 0. The SMILES string of the molecule is O=C(CCc1ccccc1)CNc1c(C(=O)O)[nH]c2cc(Cl)ccc12. The molecule has 6 heteroatoms. The number of nitrogens with one attached hydrogen (secondary N) is 2. The summed E-state index contributed by atoms with van der Waals surface area (Å²) in [6.45, 7) is 0.0721. The predicted molar refractivity (Wildman–Crippen MR) is 98.5 cm³/mol. The van der Waals surface area contributed by atoms with Gasteiger partial charge in [0.05, 0.1) is 12.2 Å². The number of rotatable bonds is 7. The molecule has 0 saturated carbocycles. The molecule has 1 heterocycles. The number of ketones is 1. The number of carbonyl (C=O) groups excluding carboxylic acids is 1. The molecule has 0 fully saturated rings. The van der Waals surface area contributed by atoms with Crippen LogP contribution in [0.25, 0.3) is 10.9 Å². The highest BCUT2D eigenvalue weighted by molar-refractivity contribution is 6.31. The van der Waals surface area contributed by atoms with Crippen LogP contribution in [0, 0.1) is 0 Å². The molecule has 3 rings (SSSR count). The molecule has 2 aromatic carbocycles. The van der Waals surface area contributed by atoms with Crippen molar-refractivity contribution < 1.29 is 14.7 Å². The van der Waals surface area contributed by atoms with Crippen LogP contribution in [0.1, 0.15) is 22.5 Å². The number of anilines is 1. The number of carboxylic acid groups (broad SMARTS) is 1. The molecule has 0 spiro atoms. The molecule has 1 aromatic heterocycles.